The van der Waals surface area contributed by atoms with Crippen molar-refractivity contribution in [1.82, 2.24) is 4.90 Å². The number of thioether (sulfide) groups is 1. The highest BCUT2D eigenvalue weighted by Gasteiger charge is 2.33. The second kappa shape index (κ2) is 4.88. The van der Waals surface area contributed by atoms with Crippen LogP contribution in [0.4, 0.5) is 0 Å². The second-order valence-corrected chi connectivity index (χ2v) is 4.04. The number of rotatable bonds is 3. The summed E-state index contributed by atoms with van der Waals surface area (Å²) in [5.41, 5.74) is 0. The number of nitrogens with zero attached hydrogens (tertiary/aromatic N) is 3. The first-order chi connectivity index (χ1) is 7.80. The van der Waals surface area contributed by atoms with Crippen LogP contribution in [0.25, 0.3) is 0 Å². The summed E-state index contributed by atoms with van der Waals surface area (Å²) in [6, 6.07) is 0. The van der Waals surface area contributed by atoms with E-state index in [1.165, 1.54) is 0 Å². The largest absolute Gasteiger partial charge is 0.481 e. The quantitative estimate of drug-likeness (QED) is 0.747. The van der Waals surface area contributed by atoms with Gasteiger partial charge in [-0.25, -0.2) is 0 Å². The number of hydrogen-bond acceptors (Lipinski definition) is 6. The average molecular weight is 241 g/mol. The van der Waals surface area contributed by atoms with Gasteiger partial charge >= 0.3 is 0 Å². The van der Waals surface area contributed by atoms with E-state index in [1.807, 2.05) is 24.2 Å². The summed E-state index contributed by atoms with van der Waals surface area (Å²) in [6.07, 6.45) is 3.79. The molecule has 0 N–H and O–H groups in total. The van der Waals surface area contributed by atoms with Crippen LogP contribution in [-0.4, -0.2) is 48.6 Å². The lowest BCUT2D eigenvalue weighted by molar-refractivity contribution is 0.0242. The predicted octanol–water partition coefficient (Wildman–Crippen LogP) is 1.28. The Morgan fingerprint density at radius 2 is 2.44 bits per heavy atom. The SMILES string of the molecule is CCOC1CN=C2C=C(OC)N=C(SC)N21. The lowest BCUT2D eigenvalue weighted by Gasteiger charge is -2.28. The smallest absolute Gasteiger partial charge is 0.219 e. The van der Waals surface area contributed by atoms with Crippen molar-refractivity contribution in [1.29, 1.82) is 0 Å². The number of fused-ring (bicyclic) bond motifs is 1. The highest BCUT2D eigenvalue weighted by atomic mass is 32.2. The highest BCUT2D eigenvalue weighted by Crippen LogP contribution is 2.24. The van der Waals surface area contributed by atoms with Gasteiger partial charge in [0, 0.05) is 12.7 Å². The van der Waals surface area contributed by atoms with Crippen molar-refractivity contribution in [2.24, 2.45) is 9.98 Å². The number of hydrogen-bond donors (Lipinski definition) is 0. The van der Waals surface area contributed by atoms with Crippen molar-refractivity contribution in [2.45, 2.75) is 13.2 Å². The van der Waals surface area contributed by atoms with Gasteiger partial charge in [0.1, 0.15) is 5.84 Å². The molecule has 1 unspecified atom stereocenters. The molecule has 0 saturated carbocycles. The first-order valence-electron chi connectivity index (χ1n) is 5.13. The average Bonchev–Trinajstić information content (AvgIpc) is 2.72. The topological polar surface area (TPSA) is 46.4 Å². The Kier molecular flexibility index (Phi) is 3.50. The van der Waals surface area contributed by atoms with E-state index in [4.69, 9.17) is 9.47 Å². The minimum atomic E-state index is -0.0270. The molecule has 6 heteroatoms. The van der Waals surface area contributed by atoms with Crippen LogP contribution in [0, 0.1) is 0 Å². The lowest BCUT2D eigenvalue weighted by atomic mass is 10.4. The van der Waals surface area contributed by atoms with Gasteiger partial charge in [-0.05, 0) is 13.2 Å². The molecule has 0 radical (unpaired) electrons. The molecule has 2 rings (SSSR count). The van der Waals surface area contributed by atoms with E-state index in [0.29, 0.717) is 19.0 Å². The van der Waals surface area contributed by atoms with Gasteiger partial charge in [0.2, 0.25) is 5.88 Å². The van der Waals surface area contributed by atoms with Crippen LogP contribution in [0.1, 0.15) is 6.92 Å². The Morgan fingerprint density at radius 1 is 1.62 bits per heavy atom. The third-order valence-corrected chi connectivity index (χ3v) is 3.01. The maximum absolute atomic E-state index is 5.62. The molecule has 0 fully saturated rings. The molecule has 0 saturated heterocycles. The van der Waals surface area contributed by atoms with Crippen LogP contribution in [-0.2, 0) is 9.47 Å². The van der Waals surface area contributed by atoms with E-state index in [1.54, 1.807) is 18.9 Å². The first-order valence-corrected chi connectivity index (χ1v) is 6.36. The summed E-state index contributed by atoms with van der Waals surface area (Å²) in [4.78, 5) is 10.8. The summed E-state index contributed by atoms with van der Waals surface area (Å²) in [5.74, 6) is 1.46. The molecule has 0 aromatic carbocycles. The minimum absolute atomic E-state index is 0.0270. The molecule has 88 valence electrons. The van der Waals surface area contributed by atoms with Crippen LogP contribution in [0.15, 0.2) is 21.9 Å². The summed E-state index contributed by atoms with van der Waals surface area (Å²) in [6.45, 7) is 3.30. The fourth-order valence-electron chi connectivity index (χ4n) is 1.67. The van der Waals surface area contributed by atoms with E-state index < -0.39 is 0 Å². The third-order valence-electron chi connectivity index (χ3n) is 2.36. The van der Waals surface area contributed by atoms with Crippen molar-refractivity contribution in [3.05, 3.63) is 12.0 Å². The van der Waals surface area contributed by atoms with Gasteiger partial charge in [0.15, 0.2) is 11.4 Å². The van der Waals surface area contributed by atoms with Gasteiger partial charge < -0.3 is 9.47 Å². The summed E-state index contributed by atoms with van der Waals surface area (Å²) in [7, 11) is 1.61. The fourth-order valence-corrected chi connectivity index (χ4v) is 2.26. The third kappa shape index (κ3) is 1.94. The Labute approximate surface area is 99.2 Å². The molecule has 5 nitrogen and oxygen atoms in total. The van der Waals surface area contributed by atoms with Gasteiger partial charge in [-0.15, -0.1) is 0 Å². The minimum Gasteiger partial charge on any atom is -0.481 e. The fraction of sp³-hybridized carbons (Fsp3) is 0.600. The van der Waals surface area contributed by atoms with Gasteiger partial charge in [0.05, 0.1) is 13.7 Å². The molecule has 0 aromatic heterocycles. The van der Waals surface area contributed by atoms with Crippen LogP contribution in [0.5, 0.6) is 0 Å². The van der Waals surface area contributed by atoms with E-state index >= 15 is 0 Å². The Bertz CT molecular complexity index is 365. The second-order valence-electron chi connectivity index (χ2n) is 3.26. The molecule has 2 heterocycles. The zero-order valence-electron chi connectivity index (χ0n) is 9.64. The van der Waals surface area contributed by atoms with E-state index in [-0.39, 0.29) is 6.23 Å². The summed E-state index contributed by atoms with van der Waals surface area (Å²) in [5, 5.41) is 0.869. The van der Waals surface area contributed by atoms with Crippen LogP contribution in [0.3, 0.4) is 0 Å². The highest BCUT2D eigenvalue weighted by molar-refractivity contribution is 8.13. The van der Waals surface area contributed by atoms with Gasteiger partial charge in [-0.3, -0.25) is 9.89 Å². The molecule has 0 spiro atoms. The van der Waals surface area contributed by atoms with Gasteiger partial charge in [0.25, 0.3) is 0 Å². The number of amidine groups is 2. The maximum Gasteiger partial charge on any atom is 0.219 e. The Balaban J connectivity index is 2.24. The van der Waals surface area contributed by atoms with E-state index in [9.17, 15) is 0 Å². The molecular weight excluding hydrogens is 226 g/mol. The van der Waals surface area contributed by atoms with E-state index in [0.717, 1.165) is 11.0 Å². The zero-order valence-corrected chi connectivity index (χ0v) is 10.5. The van der Waals surface area contributed by atoms with Crippen molar-refractivity contribution in [2.75, 3.05) is 26.5 Å². The lowest BCUT2D eigenvalue weighted by Crippen LogP contribution is -2.42. The molecule has 2 aliphatic heterocycles. The number of ether oxygens (including phenoxy) is 2. The summed E-state index contributed by atoms with van der Waals surface area (Å²) < 4.78 is 10.8. The van der Waals surface area contributed by atoms with Crippen LogP contribution in [0.2, 0.25) is 0 Å². The molecule has 16 heavy (non-hydrogen) atoms. The molecule has 0 amide bonds. The first kappa shape index (κ1) is 11.5. The normalized spacial score (nSPS) is 23.6. The Hall–Kier alpha value is -1.01. The summed E-state index contributed by atoms with van der Waals surface area (Å²) >= 11 is 1.57. The molecule has 0 bridgehead atoms. The van der Waals surface area contributed by atoms with Gasteiger partial charge in [-0.2, -0.15) is 4.99 Å². The molecule has 2 aliphatic rings. The van der Waals surface area contributed by atoms with Crippen molar-refractivity contribution >= 4 is 22.8 Å². The predicted molar refractivity (Wildman–Crippen MR) is 65.6 cm³/mol. The maximum atomic E-state index is 5.62. The number of aliphatic imine (C=N–C) groups is 2. The molecule has 1 atom stereocenters. The molecule has 0 aromatic rings. The van der Waals surface area contributed by atoms with Crippen molar-refractivity contribution in [3.8, 4) is 0 Å². The molecule has 0 aliphatic carbocycles. The van der Waals surface area contributed by atoms with Crippen LogP contribution >= 0.6 is 11.8 Å². The van der Waals surface area contributed by atoms with Crippen molar-refractivity contribution in [3.63, 3.8) is 0 Å². The van der Waals surface area contributed by atoms with Crippen LogP contribution < -0.4 is 0 Å². The Morgan fingerprint density at radius 3 is 3.06 bits per heavy atom. The standard InChI is InChI=1S/C10H15N3O2S/c1-4-15-9-6-11-7-5-8(14-2)12-10(16-3)13(7)9/h5,9H,4,6H2,1-3H3. The van der Waals surface area contributed by atoms with Crippen molar-refractivity contribution < 1.29 is 9.47 Å². The zero-order chi connectivity index (χ0) is 11.5. The van der Waals surface area contributed by atoms with E-state index in [2.05, 4.69) is 9.98 Å². The van der Waals surface area contributed by atoms with Gasteiger partial charge in [-0.1, -0.05) is 11.8 Å². The monoisotopic (exact) mass is 241 g/mol. The number of methoxy groups -OCH3 is 1. The molecular formula is C10H15N3O2S.